The zero-order valence-electron chi connectivity index (χ0n) is 15.4. The van der Waals surface area contributed by atoms with Gasteiger partial charge in [0, 0.05) is 36.5 Å². The summed E-state index contributed by atoms with van der Waals surface area (Å²) in [7, 11) is 0. The molecule has 2 aromatic heterocycles. The van der Waals surface area contributed by atoms with E-state index in [4.69, 9.17) is 4.52 Å². The number of hydrogen-bond donors (Lipinski definition) is 0. The Hall–Kier alpha value is -2.17. The average molecular weight is 341 g/mol. The van der Waals surface area contributed by atoms with E-state index >= 15 is 0 Å². The fourth-order valence-electron chi connectivity index (χ4n) is 3.72. The molecule has 5 heteroatoms. The van der Waals surface area contributed by atoms with Gasteiger partial charge in [0.25, 0.3) is 0 Å². The lowest BCUT2D eigenvalue weighted by Gasteiger charge is -2.33. The van der Waals surface area contributed by atoms with Crippen LogP contribution in [0.15, 0.2) is 22.7 Å². The van der Waals surface area contributed by atoms with Gasteiger partial charge in [-0.1, -0.05) is 11.2 Å². The fraction of sp³-hybridized carbons (Fsp3) is 0.550. The zero-order chi connectivity index (χ0) is 17.8. The number of carbonyl (C=O) groups excluding carboxylic acids is 1. The van der Waals surface area contributed by atoms with Gasteiger partial charge in [-0.05, 0) is 64.5 Å². The van der Waals surface area contributed by atoms with Crippen LogP contribution in [0.5, 0.6) is 0 Å². The number of rotatable bonds is 5. The molecule has 0 bridgehead atoms. The normalized spacial score (nSPS) is 17.7. The second-order valence-corrected chi connectivity index (χ2v) is 7.13. The predicted octanol–water partition coefficient (Wildman–Crippen LogP) is 3.41. The Bertz CT molecular complexity index is 719. The summed E-state index contributed by atoms with van der Waals surface area (Å²) in [6.07, 6.45) is 4.44. The topological polar surface area (TPSA) is 59.2 Å². The molecule has 2 aromatic rings. The summed E-state index contributed by atoms with van der Waals surface area (Å²) in [4.78, 5) is 19.3. The van der Waals surface area contributed by atoms with E-state index in [-0.39, 0.29) is 5.91 Å². The Morgan fingerprint density at radius 3 is 2.88 bits per heavy atom. The van der Waals surface area contributed by atoms with Crippen molar-refractivity contribution >= 4 is 5.91 Å². The third-order valence-electron chi connectivity index (χ3n) is 5.09. The van der Waals surface area contributed by atoms with Crippen molar-refractivity contribution in [2.75, 3.05) is 13.1 Å². The smallest absolute Gasteiger partial charge is 0.222 e. The molecule has 0 N–H and O–H groups in total. The molecular weight excluding hydrogens is 314 g/mol. The molecular formula is C20H27N3O2. The summed E-state index contributed by atoms with van der Waals surface area (Å²) in [5, 5.41) is 3.97. The van der Waals surface area contributed by atoms with E-state index in [1.165, 1.54) is 6.42 Å². The Morgan fingerprint density at radius 1 is 1.32 bits per heavy atom. The zero-order valence-corrected chi connectivity index (χ0v) is 15.4. The van der Waals surface area contributed by atoms with E-state index in [9.17, 15) is 4.79 Å². The SMILES string of the molecule is Cc1cccc(CC2CCCN(C(=O)CCc3c(C)noc3C)C2)n1. The molecule has 3 heterocycles. The van der Waals surface area contributed by atoms with Crippen molar-refractivity contribution < 1.29 is 9.32 Å². The quantitative estimate of drug-likeness (QED) is 0.836. The van der Waals surface area contributed by atoms with Crippen molar-refractivity contribution in [2.45, 2.75) is 52.9 Å². The number of aryl methyl sites for hydroxylation is 3. The summed E-state index contributed by atoms with van der Waals surface area (Å²) in [5.41, 5.74) is 4.16. The molecule has 1 atom stereocenters. The van der Waals surface area contributed by atoms with Crippen LogP contribution in [-0.2, 0) is 17.6 Å². The number of carbonyl (C=O) groups is 1. The maximum atomic E-state index is 12.6. The van der Waals surface area contributed by atoms with Gasteiger partial charge in [0.1, 0.15) is 5.76 Å². The number of hydrogen-bond acceptors (Lipinski definition) is 4. The summed E-state index contributed by atoms with van der Waals surface area (Å²) in [6, 6.07) is 6.17. The van der Waals surface area contributed by atoms with Crippen molar-refractivity contribution in [1.82, 2.24) is 15.0 Å². The highest BCUT2D eigenvalue weighted by Gasteiger charge is 2.24. The van der Waals surface area contributed by atoms with Crippen LogP contribution in [0.1, 0.15) is 47.7 Å². The lowest BCUT2D eigenvalue weighted by molar-refractivity contribution is -0.133. The molecule has 0 radical (unpaired) electrons. The van der Waals surface area contributed by atoms with Gasteiger partial charge in [-0.2, -0.15) is 0 Å². The first-order valence-corrected chi connectivity index (χ1v) is 9.15. The van der Waals surface area contributed by atoms with Crippen molar-refractivity contribution in [3.63, 3.8) is 0 Å². The molecule has 1 unspecified atom stereocenters. The molecule has 3 rings (SSSR count). The minimum absolute atomic E-state index is 0.238. The van der Waals surface area contributed by atoms with Gasteiger partial charge < -0.3 is 9.42 Å². The van der Waals surface area contributed by atoms with Crippen LogP contribution in [0, 0.1) is 26.7 Å². The molecule has 1 aliphatic heterocycles. The van der Waals surface area contributed by atoms with E-state index in [0.29, 0.717) is 18.8 Å². The highest BCUT2D eigenvalue weighted by Crippen LogP contribution is 2.22. The third-order valence-corrected chi connectivity index (χ3v) is 5.09. The van der Waals surface area contributed by atoms with Crippen LogP contribution >= 0.6 is 0 Å². The molecule has 1 aliphatic rings. The fourth-order valence-corrected chi connectivity index (χ4v) is 3.72. The minimum atomic E-state index is 0.238. The van der Waals surface area contributed by atoms with E-state index in [1.54, 1.807) is 0 Å². The van der Waals surface area contributed by atoms with Crippen LogP contribution in [0.4, 0.5) is 0 Å². The van der Waals surface area contributed by atoms with E-state index in [2.05, 4.69) is 22.3 Å². The lowest BCUT2D eigenvalue weighted by Crippen LogP contribution is -2.40. The van der Waals surface area contributed by atoms with Crippen LogP contribution < -0.4 is 0 Å². The van der Waals surface area contributed by atoms with Gasteiger partial charge in [-0.25, -0.2) is 0 Å². The molecule has 0 aromatic carbocycles. The molecule has 0 saturated carbocycles. The number of pyridine rings is 1. The lowest BCUT2D eigenvalue weighted by atomic mass is 9.92. The van der Waals surface area contributed by atoms with Crippen LogP contribution in [0.3, 0.4) is 0 Å². The van der Waals surface area contributed by atoms with Gasteiger partial charge >= 0.3 is 0 Å². The van der Waals surface area contributed by atoms with Crippen molar-refractivity contribution in [3.05, 3.63) is 46.6 Å². The number of nitrogens with zero attached hydrogens (tertiary/aromatic N) is 3. The minimum Gasteiger partial charge on any atom is -0.361 e. The van der Waals surface area contributed by atoms with Crippen LogP contribution in [-0.4, -0.2) is 34.0 Å². The number of piperidine rings is 1. The second kappa shape index (κ2) is 7.81. The maximum absolute atomic E-state index is 12.6. The van der Waals surface area contributed by atoms with E-state index < -0.39 is 0 Å². The van der Waals surface area contributed by atoms with Gasteiger partial charge in [0.15, 0.2) is 0 Å². The first-order chi connectivity index (χ1) is 12.0. The number of aromatic nitrogens is 2. The summed E-state index contributed by atoms with van der Waals surface area (Å²) >= 11 is 0. The molecule has 1 fully saturated rings. The predicted molar refractivity (Wildman–Crippen MR) is 96.3 cm³/mol. The van der Waals surface area contributed by atoms with Crippen molar-refractivity contribution in [2.24, 2.45) is 5.92 Å². The van der Waals surface area contributed by atoms with Crippen LogP contribution in [0.2, 0.25) is 0 Å². The molecule has 0 spiro atoms. The molecule has 134 valence electrons. The summed E-state index contributed by atoms with van der Waals surface area (Å²) < 4.78 is 5.18. The largest absolute Gasteiger partial charge is 0.361 e. The van der Waals surface area contributed by atoms with E-state index in [0.717, 1.165) is 54.3 Å². The number of likely N-dealkylation sites (tertiary alicyclic amines) is 1. The molecule has 1 amide bonds. The Labute approximate surface area is 149 Å². The van der Waals surface area contributed by atoms with Gasteiger partial charge in [-0.15, -0.1) is 0 Å². The van der Waals surface area contributed by atoms with E-state index in [1.807, 2.05) is 31.7 Å². The molecule has 5 nitrogen and oxygen atoms in total. The molecule has 25 heavy (non-hydrogen) atoms. The molecule has 0 aliphatic carbocycles. The highest BCUT2D eigenvalue weighted by atomic mass is 16.5. The summed E-state index contributed by atoms with van der Waals surface area (Å²) in [5.74, 6) is 1.57. The van der Waals surface area contributed by atoms with Crippen LogP contribution in [0.25, 0.3) is 0 Å². The van der Waals surface area contributed by atoms with Gasteiger partial charge in [-0.3, -0.25) is 9.78 Å². The first-order valence-electron chi connectivity index (χ1n) is 9.15. The number of amides is 1. The van der Waals surface area contributed by atoms with Crippen molar-refractivity contribution in [3.8, 4) is 0 Å². The molecule has 1 saturated heterocycles. The second-order valence-electron chi connectivity index (χ2n) is 7.13. The Balaban J connectivity index is 1.54. The van der Waals surface area contributed by atoms with Gasteiger partial charge in [0.05, 0.1) is 5.69 Å². The highest BCUT2D eigenvalue weighted by molar-refractivity contribution is 5.76. The summed E-state index contributed by atoms with van der Waals surface area (Å²) in [6.45, 7) is 7.58. The maximum Gasteiger partial charge on any atom is 0.222 e. The Morgan fingerprint density at radius 2 is 2.16 bits per heavy atom. The van der Waals surface area contributed by atoms with Crippen molar-refractivity contribution in [1.29, 1.82) is 0 Å². The third kappa shape index (κ3) is 4.47. The first kappa shape index (κ1) is 17.6. The standard InChI is InChI=1S/C20H27N3O2/c1-14-6-4-8-18(21-14)12-17-7-5-11-23(13-17)20(24)10-9-19-15(2)22-25-16(19)3/h4,6,8,17H,5,7,9-13H2,1-3H3. The Kier molecular flexibility index (Phi) is 5.51. The van der Waals surface area contributed by atoms with Gasteiger partial charge in [0.2, 0.25) is 5.91 Å². The monoisotopic (exact) mass is 341 g/mol. The average Bonchev–Trinajstić information content (AvgIpc) is 2.91.